The smallest absolute Gasteiger partial charge is 0.315 e. The van der Waals surface area contributed by atoms with Crippen LogP contribution < -0.4 is 5.32 Å². The molecular weight excluding hydrogens is 144 g/mol. The van der Waals surface area contributed by atoms with Gasteiger partial charge in [0.1, 0.15) is 0 Å². The number of aliphatic hydroxyl groups excluding tert-OH is 1. The van der Waals surface area contributed by atoms with Crippen LogP contribution in [0.5, 0.6) is 0 Å². The Morgan fingerprint density at radius 1 is 1.70 bits per heavy atom. The van der Waals surface area contributed by atoms with E-state index in [1.807, 2.05) is 5.32 Å². The maximum absolute atomic E-state index is 11.4. The molecule has 0 bridgehead atoms. The number of carbonyl (C=O) groups excluding carboxylic acids is 1. The minimum absolute atomic E-state index is 0.136. The number of halogens is 2. The molecule has 0 aromatic rings. The largest absolute Gasteiger partial charge is 0.392 e. The fraction of sp³-hybridized carbons (Fsp3) is 0.800. The van der Waals surface area contributed by atoms with E-state index in [1.165, 1.54) is 6.92 Å². The third kappa shape index (κ3) is 4.20. The molecule has 0 aromatic carbocycles. The summed E-state index contributed by atoms with van der Waals surface area (Å²) in [6.07, 6.45) is -3.79. The van der Waals surface area contributed by atoms with Gasteiger partial charge in [0, 0.05) is 6.54 Å². The second kappa shape index (κ2) is 4.16. The predicted octanol–water partition coefficient (Wildman–Crippen LogP) is -0.252. The first-order chi connectivity index (χ1) is 4.54. The lowest BCUT2D eigenvalue weighted by atomic mass is 10.4. The molecule has 0 spiro atoms. The molecule has 60 valence electrons. The van der Waals surface area contributed by atoms with Crippen LogP contribution in [0.4, 0.5) is 8.78 Å². The van der Waals surface area contributed by atoms with Crippen LogP contribution in [0.1, 0.15) is 6.92 Å². The zero-order chi connectivity index (χ0) is 8.15. The van der Waals surface area contributed by atoms with Crippen LogP contribution in [0.15, 0.2) is 0 Å². The third-order valence-corrected chi connectivity index (χ3v) is 0.770. The van der Waals surface area contributed by atoms with E-state index in [-0.39, 0.29) is 6.54 Å². The van der Waals surface area contributed by atoms with Crippen molar-refractivity contribution in [3.63, 3.8) is 0 Å². The molecule has 3 nitrogen and oxygen atoms in total. The molecule has 2 N–H and O–H groups in total. The number of carbonyl (C=O) groups is 1. The second-order valence-corrected chi connectivity index (χ2v) is 1.89. The number of amides is 1. The van der Waals surface area contributed by atoms with Crippen molar-refractivity contribution < 1.29 is 18.7 Å². The van der Waals surface area contributed by atoms with Crippen LogP contribution in [0.2, 0.25) is 0 Å². The normalized spacial score (nSPS) is 13.3. The van der Waals surface area contributed by atoms with Gasteiger partial charge in [-0.3, -0.25) is 4.79 Å². The second-order valence-electron chi connectivity index (χ2n) is 1.89. The Bertz CT molecular complexity index is 116. The monoisotopic (exact) mass is 153 g/mol. The van der Waals surface area contributed by atoms with Crippen molar-refractivity contribution in [3.05, 3.63) is 0 Å². The molecule has 0 aromatic heterocycles. The van der Waals surface area contributed by atoms with Gasteiger partial charge in [0.2, 0.25) is 0 Å². The summed E-state index contributed by atoms with van der Waals surface area (Å²) in [5, 5.41) is 10.4. The number of rotatable bonds is 3. The number of hydrogen-bond donors (Lipinski definition) is 2. The van der Waals surface area contributed by atoms with E-state index < -0.39 is 18.4 Å². The summed E-state index contributed by atoms with van der Waals surface area (Å²) in [5.74, 6) is -1.35. The molecular formula is C5H9F2NO2. The summed E-state index contributed by atoms with van der Waals surface area (Å²) in [6.45, 7) is 1.26. The molecule has 0 rings (SSSR count). The van der Waals surface area contributed by atoms with Crippen molar-refractivity contribution in [2.24, 2.45) is 0 Å². The van der Waals surface area contributed by atoms with Gasteiger partial charge in [-0.25, -0.2) is 0 Å². The van der Waals surface area contributed by atoms with Gasteiger partial charge in [0.05, 0.1) is 6.10 Å². The number of hydrogen-bond acceptors (Lipinski definition) is 2. The van der Waals surface area contributed by atoms with E-state index in [9.17, 15) is 13.6 Å². The zero-order valence-electron chi connectivity index (χ0n) is 5.47. The summed E-state index contributed by atoms with van der Waals surface area (Å²) in [5.41, 5.74) is 0. The lowest BCUT2D eigenvalue weighted by Gasteiger charge is -2.04. The van der Waals surface area contributed by atoms with E-state index in [4.69, 9.17) is 5.11 Å². The zero-order valence-corrected chi connectivity index (χ0v) is 5.47. The summed E-state index contributed by atoms with van der Waals surface area (Å²) in [6, 6.07) is 0. The van der Waals surface area contributed by atoms with E-state index >= 15 is 0 Å². The number of aliphatic hydroxyl groups is 1. The van der Waals surface area contributed by atoms with Gasteiger partial charge < -0.3 is 10.4 Å². The molecule has 0 aliphatic heterocycles. The van der Waals surface area contributed by atoms with Crippen LogP contribution in [0.25, 0.3) is 0 Å². The Balaban J connectivity index is 3.40. The minimum atomic E-state index is -3.00. The van der Waals surface area contributed by atoms with E-state index in [2.05, 4.69) is 0 Å². The van der Waals surface area contributed by atoms with Gasteiger partial charge in [0.15, 0.2) is 0 Å². The predicted molar refractivity (Wildman–Crippen MR) is 30.7 cm³/mol. The van der Waals surface area contributed by atoms with Crippen LogP contribution >= 0.6 is 0 Å². The molecule has 0 saturated carbocycles. The van der Waals surface area contributed by atoms with Gasteiger partial charge in [-0.05, 0) is 6.92 Å². The first kappa shape index (κ1) is 9.29. The molecule has 10 heavy (non-hydrogen) atoms. The van der Waals surface area contributed by atoms with Crippen molar-refractivity contribution in [2.75, 3.05) is 6.54 Å². The highest BCUT2D eigenvalue weighted by Crippen LogP contribution is 1.90. The Hall–Kier alpha value is -0.710. The van der Waals surface area contributed by atoms with Crippen molar-refractivity contribution in [3.8, 4) is 0 Å². The topological polar surface area (TPSA) is 49.3 Å². The lowest BCUT2D eigenvalue weighted by molar-refractivity contribution is -0.132. The van der Waals surface area contributed by atoms with Crippen molar-refractivity contribution in [2.45, 2.75) is 19.5 Å². The van der Waals surface area contributed by atoms with E-state index in [0.717, 1.165) is 0 Å². The quantitative estimate of drug-likeness (QED) is 0.587. The van der Waals surface area contributed by atoms with Crippen molar-refractivity contribution >= 4 is 5.91 Å². The van der Waals surface area contributed by atoms with Gasteiger partial charge in [-0.1, -0.05) is 0 Å². The average molecular weight is 153 g/mol. The van der Waals surface area contributed by atoms with Gasteiger partial charge in [-0.2, -0.15) is 8.78 Å². The van der Waals surface area contributed by atoms with Gasteiger partial charge >= 0.3 is 6.43 Å². The highest BCUT2D eigenvalue weighted by Gasteiger charge is 2.14. The van der Waals surface area contributed by atoms with E-state index in [1.54, 1.807) is 0 Å². The van der Waals surface area contributed by atoms with Crippen molar-refractivity contribution in [1.82, 2.24) is 5.32 Å². The minimum Gasteiger partial charge on any atom is -0.392 e. The Kier molecular flexibility index (Phi) is 3.87. The SMILES string of the molecule is C[C@@H](O)CNC(=O)C(F)F. The highest BCUT2D eigenvalue weighted by atomic mass is 19.3. The van der Waals surface area contributed by atoms with Gasteiger partial charge in [0.25, 0.3) is 5.91 Å². The number of nitrogens with one attached hydrogen (secondary N) is 1. The molecule has 1 atom stereocenters. The lowest BCUT2D eigenvalue weighted by Crippen LogP contribution is -2.34. The first-order valence-corrected chi connectivity index (χ1v) is 2.78. The molecule has 0 aliphatic carbocycles. The summed E-state index contributed by atoms with van der Waals surface area (Å²) >= 11 is 0. The average Bonchev–Trinajstić information content (AvgIpc) is 1.82. The maximum Gasteiger partial charge on any atom is 0.315 e. The Morgan fingerprint density at radius 2 is 2.20 bits per heavy atom. The fourth-order valence-corrected chi connectivity index (χ4v) is 0.325. The Labute approximate surface area is 57.0 Å². The summed E-state index contributed by atoms with van der Waals surface area (Å²) in [7, 11) is 0. The molecule has 0 fully saturated rings. The summed E-state index contributed by atoms with van der Waals surface area (Å²) < 4.78 is 22.8. The standard InChI is InChI=1S/C5H9F2NO2/c1-3(9)2-8-5(10)4(6)7/h3-4,9H,2H2,1H3,(H,8,10)/t3-/m1/s1. The van der Waals surface area contributed by atoms with Crippen LogP contribution in [0, 0.1) is 0 Å². The molecule has 5 heteroatoms. The third-order valence-electron chi connectivity index (χ3n) is 0.770. The molecule has 0 radical (unpaired) electrons. The molecule has 0 aliphatic rings. The highest BCUT2D eigenvalue weighted by molar-refractivity contribution is 5.79. The molecule has 0 heterocycles. The van der Waals surface area contributed by atoms with Gasteiger partial charge in [-0.15, -0.1) is 0 Å². The maximum atomic E-state index is 11.4. The molecule has 0 saturated heterocycles. The van der Waals surface area contributed by atoms with Crippen LogP contribution in [-0.2, 0) is 4.79 Å². The fourth-order valence-electron chi connectivity index (χ4n) is 0.325. The summed E-state index contributed by atoms with van der Waals surface area (Å²) in [4.78, 5) is 10.1. The molecule has 1 amide bonds. The molecule has 0 unspecified atom stereocenters. The van der Waals surface area contributed by atoms with Crippen LogP contribution in [0.3, 0.4) is 0 Å². The van der Waals surface area contributed by atoms with Crippen LogP contribution in [-0.4, -0.2) is 30.1 Å². The Morgan fingerprint density at radius 3 is 2.50 bits per heavy atom. The first-order valence-electron chi connectivity index (χ1n) is 2.78. The van der Waals surface area contributed by atoms with E-state index in [0.29, 0.717) is 0 Å². The van der Waals surface area contributed by atoms with Crippen molar-refractivity contribution in [1.29, 1.82) is 0 Å². The number of alkyl halides is 2.